The summed E-state index contributed by atoms with van der Waals surface area (Å²) in [5, 5.41) is 3.01. The smallest absolute Gasteiger partial charge is 0.406 e. The van der Waals surface area contributed by atoms with Gasteiger partial charge in [-0.1, -0.05) is 29.8 Å². The zero-order valence-corrected chi connectivity index (χ0v) is 18.4. The van der Waals surface area contributed by atoms with Crippen LogP contribution in [0.5, 0.6) is 5.75 Å². The summed E-state index contributed by atoms with van der Waals surface area (Å²) < 4.78 is 47.2. The summed E-state index contributed by atoms with van der Waals surface area (Å²) in [5.41, 5.74) is 1.16. The van der Waals surface area contributed by atoms with Crippen molar-refractivity contribution >= 4 is 11.8 Å². The standard InChI is InChI=1S/C24H25F3N2O4/c1-16-4-3-5-18(12-16)13-32-23(10-11-23)22(28-17(2)30)14-29(15-22)21(31)19-6-8-20(9-7-19)33-24(25,26)27/h3-9,12H,10-11,13-15H2,1-2H3,(H,28,30). The van der Waals surface area contributed by atoms with E-state index in [0.29, 0.717) is 6.61 Å². The molecule has 176 valence electrons. The number of amides is 2. The number of alkyl halides is 3. The number of nitrogens with one attached hydrogen (secondary N) is 1. The first-order valence-electron chi connectivity index (χ1n) is 10.6. The van der Waals surface area contributed by atoms with E-state index >= 15 is 0 Å². The second-order valence-corrected chi connectivity index (χ2v) is 8.77. The van der Waals surface area contributed by atoms with Crippen LogP contribution in [0, 0.1) is 6.92 Å². The highest BCUT2D eigenvalue weighted by atomic mass is 19.4. The van der Waals surface area contributed by atoms with E-state index in [1.54, 1.807) is 4.90 Å². The number of nitrogens with zero attached hydrogens (tertiary/aromatic N) is 1. The van der Waals surface area contributed by atoms with Crippen LogP contribution in [0.1, 0.15) is 41.3 Å². The van der Waals surface area contributed by atoms with Gasteiger partial charge in [0.1, 0.15) is 11.3 Å². The first-order chi connectivity index (χ1) is 15.5. The molecule has 33 heavy (non-hydrogen) atoms. The molecule has 1 aliphatic heterocycles. The lowest BCUT2D eigenvalue weighted by molar-refractivity contribution is -0.274. The lowest BCUT2D eigenvalue weighted by Gasteiger charge is -2.54. The molecule has 2 aliphatic rings. The van der Waals surface area contributed by atoms with Crippen LogP contribution in [0.2, 0.25) is 0 Å². The largest absolute Gasteiger partial charge is 0.573 e. The molecule has 0 spiro atoms. The van der Waals surface area contributed by atoms with Crippen molar-refractivity contribution < 1.29 is 32.2 Å². The van der Waals surface area contributed by atoms with Gasteiger partial charge in [0.05, 0.1) is 12.2 Å². The van der Waals surface area contributed by atoms with Gasteiger partial charge in [-0.05, 0) is 49.6 Å². The van der Waals surface area contributed by atoms with E-state index in [1.807, 2.05) is 31.2 Å². The Morgan fingerprint density at radius 3 is 2.30 bits per heavy atom. The minimum absolute atomic E-state index is 0.207. The molecule has 6 nitrogen and oxygen atoms in total. The van der Waals surface area contributed by atoms with Gasteiger partial charge in [0.2, 0.25) is 5.91 Å². The molecule has 1 N–H and O–H groups in total. The fraction of sp³-hybridized carbons (Fsp3) is 0.417. The van der Waals surface area contributed by atoms with Gasteiger partial charge in [-0.2, -0.15) is 0 Å². The highest BCUT2D eigenvalue weighted by Crippen LogP contribution is 2.52. The van der Waals surface area contributed by atoms with Crippen LogP contribution in [-0.4, -0.2) is 47.3 Å². The average molecular weight is 462 g/mol. The van der Waals surface area contributed by atoms with Crippen molar-refractivity contribution in [1.82, 2.24) is 10.2 Å². The van der Waals surface area contributed by atoms with E-state index in [1.165, 1.54) is 19.1 Å². The van der Waals surface area contributed by atoms with Crippen molar-refractivity contribution in [2.24, 2.45) is 0 Å². The second-order valence-electron chi connectivity index (χ2n) is 8.77. The van der Waals surface area contributed by atoms with Crippen molar-refractivity contribution in [3.8, 4) is 5.75 Å². The third-order valence-corrected chi connectivity index (χ3v) is 6.13. The molecule has 0 aromatic heterocycles. The number of rotatable bonds is 7. The Morgan fingerprint density at radius 2 is 1.76 bits per heavy atom. The number of hydrogen-bond donors (Lipinski definition) is 1. The number of likely N-dealkylation sites (tertiary alicyclic amines) is 1. The van der Waals surface area contributed by atoms with Gasteiger partial charge < -0.3 is 19.7 Å². The summed E-state index contributed by atoms with van der Waals surface area (Å²) in [7, 11) is 0. The van der Waals surface area contributed by atoms with E-state index in [-0.39, 0.29) is 30.5 Å². The monoisotopic (exact) mass is 462 g/mol. The van der Waals surface area contributed by atoms with E-state index in [0.717, 1.165) is 36.1 Å². The molecule has 2 aromatic carbocycles. The van der Waals surface area contributed by atoms with Crippen LogP contribution < -0.4 is 10.1 Å². The van der Waals surface area contributed by atoms with Crippen LogP contribution in [0.4, 0.5) is 13.2 Å². The summed E-state index contributed by atoms with van der Waals surface area (Å²) in [6.07, 6.45) is -3.26. The highest BCUT2D eigenvalue weighted by molar-refractivity contribution is 5.95. The molecule has 1 saturated heterocycles. The molecule has 1 heterocycles. The van der Waals surface area contributed by atoms with Crippen LogP contribution >= 0.6 is 0 Å². The van der Waals surface area contributed by atoms with Crippen molar-refractivity contribution in [2.75, 3.05) is 13.1 Å². The second kappa shape index (κ2) is 8.37. The minimum Gasteiger partial charge on any atom is -0.406 e. The summed E-state index contributed by atoms with van der Waals surface area (Å²) in [5.74, 6) is -0.929. The molecule has 1 saturated carbocycles. The minimum atomic E-state index is -4.79. The number of halogens is 3. The molecule has 9 heteroatoms. The van der Waals surface area contributed by atoms with Gasteiger partial charge in [-0.3, -0.25) is 9.59 Å². The van der Waals surface area contributed by atoms with Crippen molar-refractivity contribution in [2.45, 2.75) is 50.8 Å². The van der Waals surface area contributed by atoms with Gasteiger partial charge in [-0.25, -0.2) is 0 Å². The Balaban J connectivity index is 1.43. The third-order valence-electron chi connectivity index (χ3n) is 6.13. The molecule has 4 rings (SSSR count). The van der Waals surface area contributed by atoms with E-state index in [2.05, 4.69) is 10.1 Å². The van der Waals surface area contributed by atoms with Crippen LogP contribution in [0.25, 0.3) is 0 Å². The molecule has 0 atom stereocenters. The maximum atomic E-state index is 12.9. The summed E-state index contributed by atoms with van der Waals surface area (Å²) in [6, 6.07) is 12.8. The molecule has 0 bridgehead atoms. The quantitative estimate of drug-likeness (QED) is 0.676. The molecular formula is C24H25F3N2O4. The predicted octanol–water partition coefficient (Wildman–Crippen LogP) is 3.97. The molecular weight excluding hydrogens is 437 g/mol. The summed E-state index contributed by atoms with van der Waals surface area (Å²) in [6.45, 7) is 4.37. The van der Waals surface area contributed by atoms with Crippen molar-refractivity contribution in [1.29, 1.82) is 0 Å². The molecule has 2 fully saturated rings. The zero-order chi connectivity index (χ0) is 23.9. The zero-order valence-electron chi connectivity index (χ0n) is 18.4. The van der Waals surface area contributed by atoms with E-state index in [4.69, 9.17) is 4.74 Å². The Hall–Kier alpha value is -3.07. The Labute approximate surface area is 189 Å². The summed E-state index contributed by atoms with van der Waals surface area (Å²) in [4.78, 5) is 26.4. The van der Waals surface area contributed by atoms with Crippen LogP contribution in [-0.2, 0) is 16.1 Å². The fourth-order valence-electron chi connectivity index (χ4n) is 4.45. The average Bonchev–Trinajstić information content (AvgIpc) is 3.49. The SMILES string of the molecule is CC(=O)NC1(C2(OCc3cccc(C)c3)CC2)CN(C(=O)c2ccc(OC(F)(F)F)cc2)C1. The predicted molar refractivity (Wildman–Crippen MR) is 114 cm³/mol. The van der Waals surface area contributed by atoms with E-state index in [9.17, 15) is 22.8 Å². The van der Waals surface area contributed by atoms with Gasteiger partial charge in [0.25, 0.3) is 5.91 Å². The maximum absolute atomic E-state index is 12.9. The van der Waals surface area contributed by atoms with Crippen LogP contribution in [0.15, 0.2) is 48.5 Å². The first-order valence-corrected chi connectivity index (χ1v) is 10.6. The number of aryl methyl sites for hydroxylation is 1. The Kier molecular flexibility index (Phi) is 5.86. The lowest BCUT2D eigenvalue weighted by atomic mass is 9.80. The molecule has 0 unspecified atom stereocenters. The number of carbonyl (C=O) groups is 2. The topological polar surface area (TPSA) is 67.9 Å². The van der Waals surface area contributed by atoms with Crippen LogP contribution in [0.3, 0.4) is 0 Å². The molecule has 2 aromatic rings. The first kappa shape index (κ1) is 23.1. The van der Waals surface area contributed by atoms with Crippen molar-refractivity contribution in [3.05, 3.63) is 65.2 Å². The fourth-order valence-corrected chi connectivity index (χ4v) is 4.45. The van der Waals surface area contributed by atoms with Gasteiger partial charge in [0, 0.05) is 25.6 Å². The maximum Gasteiger partial charge on any atom is 0.573 e. The van der Waals surface area contributed by atoms with E-state index < -0.39 is 23.3 Å². The normalized spacial score (nSPS) is 18.3. The number of carbonyl (C=O) groups excluding carboxylic acids is 2. The molecule has 2 amide bonds. The van der Waals surface area contributed by atoms with Gasteiger partial charge in [-0.15, -0.1) is 13.2 Å². The Bertz CT molecular complexity index is 1040. The number of ether oxygens (including phenoxy) is 2. The summed E-state index contributed by atoms with van der Waals surface area (Å²) >= 11 is 0. The molecule has 0 radical (unpaired) electrons. The van der Waals surface area contributed by atoms with Crippen molar-refractivity contribution in [3.63, 3.8) is 0 Å². The van der Waals surface area contributed by atoms with Gasteiger partial charge in [0.15, 0.2) is 0 Å². The molecule has 1 aliphatic carbocycles. The number of benzene rings is 2. The number of hydrogen-bond acceptors (Lipinski definition) is 4. The Morgan fingerprint density at radius 1 is 1.09 bits per heavy atom. The van der Waals surface area contributed by atoms with Gasteiger partial charge >= 0.3 is 6.36 Å². The lowest BCUT2D eigenvalue weighted by Crippen LogP contribution is -2.77. The highest BCUT2D eigenvalue weighted by Gasteiger charge is 2.67. The third kappa shape index (κ3) is 4.98.